The third kappa shape index (κ3) is 1.23. The van der Waals surface area contributed by atoms with Crippen LogP contribution in [0.5, 0.6) is 0 Å². The van der Waals surface area contributed by atoms with E-state index >= 15 is 0 Å². The van der Waals surface area contributed by atoms with Crippen LogP contribution in [0.3, 0.4) is 0 Å². The molecule has 0 nitrogen and oxygen atoms in total. The lowest BCUT2D eigenvalue weighted by Crippen LogP contribution is -2.10. The molecule has 1 aliphatic carbocycles. The average Bonchev–Trinajstić information content (AvgIpc) is 1.86. The molecule has 8 heavy (non-hydrogen) atoms. The second-order valence-corrected chi connectivity index (χ2v) is 3.90. The molecule has 0 atom stereocenters. The van der Waals surface area contributed by atoms with Gasteiger partial charge in [-0.25, -0.2) is 0 Å². The summed E-state index contributed by atoms with van der Waals surface area (Å²) in [5.74, 6) is 0. The summed E-state index contributed by atoms with van der Waals surface area (Å²) in [6.45, 7) is 0. The predicted octanol–water partition coefficient (Wildman–Crippen LogP) is 3.11. The molecule has 0 aromatic rings. The fourth-order valence-corrected chi connectivity index (χ4v) is 1.47. The van der Waals surface area contributed by atoms with Crippen molar-refractivity contribution in [3.8, 4) is 0 Å². The van der Waals surface area contributed by atoms with Crippen molar-refractivity contribution >= 4 is 34.8 Å². The van der Waals surface area contributed by atoms with Crippen LogP contribution in [0, 0.1) is 5.38 Å². The summed E-state index contributed by atoms with van der Waals surface area (Å²) in [7, 11) is 0. The van der Waals surface area contributed by atoms with Crippen molar-refractivity contribution in [2.45, 2.75) is 23.6 Å². The van der Waals surface area contributed by atoms with E-state index in [0.717, 1.165) is 19.3 Å². The minimum Gasteiger partial charge on any atom is -0.114 e. The van der Waals surface area contributed by atoms with Crippen LogP contribution < -0.4 is 0 Å². The van der Waals surface area contributed by atoms with Crippen LogP contribution in [-0.2, 0) is 0 Å². The minimum absolute atomic E-state index is 0.695. The molecule has 0 aromatic heterocycles. The molecule has 0 unspecified atom stereocenters. The number of rotatable bonds is 0. The molecule has 0 aromatic carbocycles. The second-order valence-electron chi connectivity index (χ2n) is 1.96. The van der Waals surface area contributed by atoms with Gasteiger partial charge in [0.2, 0.25) is 0 Å². The van der Waals surface area contributed by atoms with Gasteiger partial charge in [0.15, 0.2) is 0 Å². The summed E-state index contributed by atoms with van der Waals surface area (Å²) >= 11 is 17.1. The van der Waals surface area contributed by atoms with Crippen LogP contribution in [0.25, 0.3) is 0 Å². The zero-order valence-corrected chi connectivity index (χ0v) is 6.52. The highest BCUT2D eigenvalue weighted by atomic mass is 35.5. The largest absolute Gasteiger partial charge is 0.139 e. The third-order valence-electron chi connectivity index (χ3n) is 1.28. The van der Waals surface area contributed by atoms with Gasteiger partial charge in [0.25, 0.3) is 0 Å². The monoisotopic (exact) mass is 171 g/mol. The molecule has 0 N–H and O–H groups in total. The standard InChI is InChI=1S/C5H6Cl3/c6-4-2-1-3-5(4,7)8/h1-3H2. The first-order valence-electron chi connectivity index (χ1n) is 2.52. The molecule has 0 saturated heterocycles. The number of hydrogen-bond donors (Lipinski definition) is 0. The second kappa shape index (κ2) is 2.24. The van der Waals surface area contributed by atoms with E-state index in [-0.39, 0.29) is 0 Å². The molecule has 1 saturated carbocycles. The van der Waals surface area contributed by atoms with E-state index in [1.165, 1.54) is 0 Å². The van der Waals surface area contributed by atoms with Crippen LogP contribution in [0.4, 0.5) is 0 Å². The van der Waals surface area contributed by atoms with E-state index in [4.69, 9.17) is 34.8 Å². The van der Waals surface area contributed by atoms with Crippen molar-refractivity contribution < 1.29 is 0 Å². The van der Waals surface area contributed by atoms with E-state index in [9.17, 15) is 0 Å². The highest BCUT2D eigenvalue weighted by Gasteiger charge is 2.38. The van der Waals surface area contributed by atoms with Gasteiger partial charge in [0.1, 0.15) is 4.33 Å². The van der Waals surface area contributed by atoms with Crippen LogP contribution in [0.15, 0.2) is 0 Å². The van der Waals surface area contributed by atoms with Crippen LogP contribution in [0.2, 0.25) is 0 Å². The Kier molecular flexibility index (Phi) is 1.96. The Morgan fingerprint density at radius 1 is 1.38 bits per heavy atom. The van der Waals surface area contributed by atoms with Gasteiger partial charge in [0.05, 0.1) is 5.38 Å². The van der Waals surface area contributed by atoms with Crippen molar-refractivity contribution in [2.75, 3.05) is 0 Å². The lowest BCUT2D eigenvalue weighted by atomic mass is 10.3. The van der Waals surface area contributed by atoms with Crippen LogP contribution in [-0.4, -0.2) is 4.33 Å². The number of halogens is 3. The smallest absolute Gasteiger partial charge is 0.114 e. The first kappa shape index (κ1) is 6.98. The fourth-order valence-electron chi connectivity index (χ4n) is 0.784. The Balaban J connectivity index is 2.54. The van der Waals surface area contributed by atoms with Crippen molar-refractivity contribution in [3.05, 3.63) is 5.38 Å². The normalized spacial score (nSPS) is 28.9. The van der Waals surface area contributed by atoms with Crippen molar-refractivity contribution in [1.29, 1.82) is 0 Å². The Labute approximate surface area is 64.1 Å². The van der Waals surface area contributed by atoms with E-state index < -0.39 is 4.33 Å². The maximum Gasteiger partial charge on any atom is 0.139 e. The van der Waals surface area contributed by atoms with Gasteiger partial charge in [0, 0.05) is 0 Å². The zero-order chi connectivity index (χ0) is 6.20. The SMILES string of the molecule is Cl[C]1CCCC1(Cl)Cl. The summed E-state index contributed by atoms with van der Waals surface area (Å²) in [6.07, 6.45) is 2.69. The van der Waals surface area contributed by atoms with Crippen LogP contribution >= 0.6 is 34.8 Å². The van der Waals surface area contributed by atoms with Gasteiger partial charge in [-0.3, -0.25) is 0 Å². The summed E-state index contributed by atoms with van der Waals surface area (Å²) in [4.78, 5) is 0. The van der Waals surface area contributed by atoms with Crippen molar-refractivity contribution in [3.63, 3.8) is 0 Å². The lowest BCUT2D eigenvalue weighted by molar-refractivity contribution is 0.853. The molecule has 1 radical (unpaired) electrons. The highest BCUT2D eigenvalue weighted by Crippen LogP contribution is 2.47. The fraction of sp³-hybridized carbons (Fsp3) is 0.800. The molecule has 0 bridgehead atoms. The van der Waals surface area contributed by atoms with Gasteiger partial charge >= 0.3 is 0 Å². The Hall–Kier alpha value is 0.870. The summed E-state index contributed by atoms with van der Waals surface area (Å²) in [5, 5.41) is 0.695. The molecule has 47 valence electrons. The molecule has 0 heterocycles. The summed E-state index contributed by atoms with van der Waals surface area (Å²) < 4.78 is -0.721. The van der Waals surface area contributed by atoms with Gasteiger partial charge < -0.3 is 0 Å². The van der Waals surface area contributed by atoms with Crippen molar-refractivity contribution in [2.24, 2.45) is 0 Å². The molecule has 1 fully saturated rings. The van der Waals surface area contributed by atoms with Crippen LogP contribution in [0.1, 0.15) is 19.3 Å². The molecule has 0 spiro atoms. The van der Waals surface area contributed by atoms with E-state index in [1.807, 2.05) is 0 Å². The van der Waals surface area contributed by atoms with Gasteiger partial charge in [-0.15, -0.1) is 11.6 Å². The molecule has 1 aliphatic rings. The molecular weight excluding hydrogens is 166 g/mol. The molecular formula is C5H6Cl3. The lowest BCUT2D eigenvalue weighted by Gasteiger charge is -2.13. The molecule has 0 amide bonds. The topological polar surface area (TPSA) is 0 Å². The predicted molar refractivity (Wildman–Crippen MR) is 37.4 cm³/mol. The first-order valence-corrected chi connectivity index (χ1v) is 3.66. The van der Waals surface area contributed by atoms with E-state index in [0.29, 0.717) is 5.38 Å². The zero-order valence-electron chi connectivity index (χ0n) is 4.26. The minimum atomic E-state index is -0.721. The maximum atomic E-state index is 5.71. The van der Waals surface area contributed by atoms with E-state index in [1.54, 1.807) is 0 Å². The van der Waals surface area contributed by atoms with E-state index in [2.05, 4.69) is 0 Å². The summed E-state index contributed by atoms with van der Waals surface area (Å²) in [5.41, 5.74) is 0. The first-order chi connectivity index (χ1) is 3.63. The Bertz CT molecular complexity index is 89.7. The van der Waals surface area contributed by atoms with Gasteiger partial charge in [-0.05, 0) is 19.3 Å². The number of alkyl halides is 2. The molecule has 3 heteroatoms. The maximum absolute atomic E-state index is 5.71. The van der Waals surface area contributed by atoms with Gasteiger partial charge in [-0.2, -0.15) is 0 Å². The highest BCUT2D eigenvalue weighted by molar-refractivity contribution is 6.55. The summed E-state index contributed by atoms with van der Waals surface area (Å²) in [6, 6.07) is 0. The van der Waals surface area contributed by atoms with Crippen molar-refractivity contribution in [1.82, 2.24) is 0 Å². The molecule has 1 rings (SSSR count). The average molecular weight is 172 g/mol. The third-order valence-corrected chi connectivity index (χ3v) is 2.82. The quantitative estimate of drug-likeness (QED) is 0.493. The Morgan fingerprint density at radius 2 is 2.00 bits per heavy atom. The Morgan fingerprint density at radius 3 is 2.12 bits per heavy atom. The van der Waals surface area contributed by atoms with Gasteiger partial charge in [-0.1, -0.05) is 23.2 Å². The molecule has 0 aliphatic heterocycles. The number of hydrogen-bond acceptors (Lipinski definition) is 0.